The van der Waals surface area contributed by atoms with E-state index in [0.717, 1.165) is 50.4 Å². The van der Waals surface area contributed by atoms with Crippen LogP contribution >= 0.6 is 12.2 Å². The van der Waals surface area contributed by atoms with Crippen LogP contribution in [-0.2, 0) is 9.59 Å². The van der Waals surface area contributed by atoms with Crippen LogP contribution in [0.3, 0.4) is 0 Å². The highest BCUT2D eigenvalue weighted by atomic mass is 32.1. The number of piperazine rings is 1. The Morgan fingerprint density at radius 3 is 2.46 bits per heavy atom. The van der Waals surface area contributed by atoms with Crippen molar-refractivity contribution < 1.29 is 9.59 Å². The zero-order valence-corrected chi connectivity index (χ0v) is 16.4. The van der Waals surface area contributed by atoms with Crippen molar-refractivity contribution >= 4 is 40.5 Å². The molecule has 2 rings (SSSR count). The second-order valence-electron chi connectivity index (χ2n) is 6.34. The maximum absolute atomic E-state index is 11.8. The molecule has 7 heteroatoms. The fraction of sp³-hybridized carbons (Fsp3) is 0.526. The molecule has 0 saturated carbocycles. The predicted molar refractivity (Wildman–Crippen MR) is 109 cm³/mol. The molecule has 6 nitrogen and oxygen atoms in total. The normalized spacial score (nSPS) is 14.1. The van der Waals surface area contributed by atoms with Gasteiger partial charge in [-0.25, -0.2) is 0 Å². The molecule has 2 amide bonds. The third-order valence-electron chi connectivity index (χ3n) is 4.44. The van der Waals surface area contributed by atoms with Gasteiger partial charge in [-0.2, -0.15) is 0 Å². The minimum Gasteiger partial charge on any atom is -0.366 e. The van der Waals surface area contributed by atoms with Gasteiger partial charge < -0.3 is 20.4 Å². The van der Waals surface area contributed by atoms with Gasteiger partial charge in [0.2, 0.25) is 11.8 Å². The van der Waals surface area contributed by atoms with Crippen LogP contribution in [0.4, 0.5) is 11.4 Å². The summed E-state index contributed by atoms with van der Waals surface area (Å²) in [5, 5.41) is 6.19. The highest BCUT2D eigenvalue weighted by molar-refractivity contribution is 7.80. The molecule has 0 unspecified atom stereocenters. The second-order valence-corrected chi connectivity index (χ2v) is 6.75. The van der Waals surface area contributed by atoms with Gasteiger partial charge in [0.25, 0.3) is 0 Å². The number of amides is 2. The topological polar surface area (TPSA) is 64.7 Å². The molecule has 1 saturated heterocycles. The Labute approximate surface area is 160 Å². The van der Waals surface area contributed by atoms with Crippen LogP contribution in [-0.4, -0.2) is 48.0 Å². The fourth-order valence-electron chi connectivity index (χ4n) is 2.96. The van der Waals surface area contributed by atoms with Crippen molar-refractivity contribution in [1.82, 2.24) is 10.2 Å². The third kappa shape index (κ3) is 5.69. The van der Waals surface area contributed by atoms with E-state index < -0.39 is 0 Å². The molecule has 1 aromatic rings. The Balaban J connectivity index is 1.96. The predicted octanol–water partition coefficient (Wildman–Crippen LogP) is 2.75. The smallest absolute Gasteiger partial charge is 0.226 e. The maximum atomic E-state index is 11.8. The molecule has 0 bridgehead atoms. The number of unbranched alkanes of at least 4 members (excludes halogenated alkanes) is 1. The van der Waals surface area contributed by atoms with Gasteiger partial charge in [-0.1, -0.05) is 32.4 Å². The Morgan fingerprint density at radius 1 is 1.12 bits per heavy atom. The number of carbonyl (C=O) groups excluding carboxylic acids is 2. The van der Waals surface area contributed by atoms with E-state index in [-0.39, 0.29) is 11.8 Å². The Morgan fingerprint density at radius 2 is 1.81 bits per heavy atom. The monoisotopic (exact) mass is 376 g/mol. The molecule has 0 spiro atoms. The molecular formula is C19H28N4O2S. The zero-order valence-electron chi connectivity index (χ0n) is 15.6. The van der Waals surface area contributed by atoms with Crippen molar-refractivity contribution in [3.05, 3.63) is 24.3 Å². The number of anilines is 2. The lowest BCUT2D eigenvalue weighted by molar-refractivity contribution is -0.131. The van der Waals surface area contributed by atoms with Gasteiger partial charge in [-0.05, 0) is 30.8 Å². The standard InChI is InChI=1S/C19H28N4O2S/c1-3-5-10-17(24)21-19(26)20-15-8-6-7-9-16(15)22-11-13-23(14-12-22)18(25)4-2/h6-9H,3-5,10-14H2,1-2H3,(H2,20,21,24,26). The summed E-state index contributed by atoms with van der Waals surface area (Å²) in [5.74, 6) is 0.139. The van der Waals surface area contributed by atoms with Gasteiger partial charge in [0.15, 0.2) is 5.11 Å². The first-order chi connectivity index (χ1) is 12.5. The van der Waals surface area contributed by atoms with Crippen molar-refractivity contribution in [3.8, 4) is 0 Å². The van der Waals surface area contributed by atoms with E-state index in [4.69, 9.17) is 12.2 Å². The van der Waals surface area contributed by atoms with Gasteiger partial charge in [0, 0.05) is 39.0 Å². The molecule has 1 fully saturated rings. The summed E-state index contributed by atoms with van der Waals surface area (Å²) >= 11 is 5.28. The van der Waals surface area contributed by atoms with Crippen LogP contribution < -0.4 is 15.5 Å². The molecule has 1 aliphatic rings. The first-order valence-corrected chi connectivity index (χ1v) is 9.68. The molecule has 1 heterocycles. The number of hydrogen-bond acceptors (Lipinski definition) is 4. The van der Waals surface area contributed by atoms with Gasteiger partial charge in [0.05, 0.1) is 11.4 Å². The number of carbonyl (C=O) groups is 2. The van der Waals surface area contributed by atoms with Crippen LogP contribution in [0, 0.1) is 0 Å². The molecule has 142 valence electrons. The summed E-state index contributed by atoms with van der Waals surface area (Å²) in [5.41, 5.74) is 1.89. The van der Waals surface area contributed by atoms with Crippen LogP contribution in [0.5, 0.6) is 0 Å². The van der Waals surface area contributed by atoms with Crippen molar-refractivity contribution in [2.45, 2.75) is 39.5 Å². The molecule has 0 aromatic heterocycles. The van der Waals surface area contributed by atoms with E-state index in [1.165, 1.54) is 0 Å². The zero-order chi connectivity index (χ0) is 18.9. The lowest BCUT2D eigenvalue weighted by atomic mass is 10.2. The molecule has 0 aliphatic carbocycles. The molecule has 1 aromatic carbocycles. The molecule has 0 radical (unpaired) electrons. The first-order valence-electron chi connectivity index (χ1n) is 9.27. The molecular weight excluding hydrogens is 348 g/mol. The molecule has 1 aliphatic heterocycles. The van der Waals surface area contributed by atoms with Crippen LogP contribution in [0.25, 0.3) is 0 Å². The van der Waals surface area contributed by atoms with E-state index in [1.807, 2.05) is 43.0 Å². The summed E-state index contributed by atoms with van der Waals surface area (Å²) in [4.78, 5) is 27.8. The molecule has 0 atom stereocenters. The number of nitrogens with zero attached hydrogens (tertiary/aromatic N) is 2. The summed E-state index contributed by atoms with van der Waals surface area (Å²) < 4.78 is 0. The summed E-state index contributed by atoms with van der Waals surface area (Å²) in [7, 11) is 0. The Bertz CT molecular complexity index is 642. The van der Waals surface area contributed by atoms with Crippen molar-refractivity contribution in [3.63, 3.8) is 0 Å². The maximum Gasteiger partial charge on any atom is 0.226 e. The highest BCUT2D eigenvalue weighted by Gasteiger charge is 2.21. The van der Waals surface area contributed by atoms with E-state index in [1.54, 1.807) is 0 Å². The minimum absolute atomic E-state index is 0.0616. The van der Waals surface area contributed by atoms with Gasteiger partial charge in [0.1, 0.15) is 0 Å². The quantitative estimate of drug-likeness (QED) is 0.748. The number of benzene rings is 1. The van der Waals surface area contributed by atoms with Gasteiger partial charge in [-0.15, -0.1) is 0 Å². The fourth-order valence-corrected chi connectivity index (χ4v) is 3.18. The lowest BCUT2D eigenvalue weighted by Crippen LogP contribution is -2.48. The molecule has 26 heavy (non-hydrogen) atoms. The van der Waals surface area contributed by atoms with E-state index >= 15 is 0 Å². The average molecular weight is 377 g/mol. The van der Waals surface area contributed by atoms with Crippen LogP contribution in [0.15, 0.2) is 24.3 Å². The second kappa shape index (κ2) is 10.1. The van der Waals surface area contributed by atoms with Crippen LogP contribution in [0.1, 0.15) is 39.5 Å². The molecule has 2 N–H and O–H groups in total. The summed E-state index contributed by atoms with van der Waals surface area (Å²) in [6, 6.07) is 7.89. The van der Waals surface area contributed by atoms with Gasteiger partial charge >= 0.3 is 0 Å². The number of thiocarbonyl (C=S) groups is 1. The van der Waals surface area contributed by atoms with Crippen molar-refractivity contribution in [2.75, 3.05) is 36.4 Å². The number of hydrogen-bond donors (Lipinski definition) is 2. The van der Waals surface area contributed by atoms with Crippen molar-refractivity contribution in [1.29, 1.82) is 0 Å². The lowest BCUT2D eigenvalue weighted by Gasteiger charge is -2.37. The highest BCUT2D eigenvalue weighted by Crippen LogP contribution is 2.26. The Hall–Kier alpha value is -2.15. The van der Waals surface area contributed by atoms with E-state index in [9.17, 15) is 9.59 Å². The van der Waals surface area contributed by atoms with Gasteiger partial charge in [-0.3, -0.25) is 9.59 Å². The van der Waals surface area contributed by atoms with Crippen LogP contribution in [0.2, 0.25) is 0 Å². The number of rotatable bonds is 6. The minimum atomic E-state index is -0.0616. The number of nitrogens with one attached hydrogen (secondary N) is 2. The largest absolute Gasteiger partial charge is 0.366 e. The Kier molecular flexibility index (Phi) is 7.84. The van der Waals surface area contributed by atoms with E-state index in [0.29, 0.717) is 18.0 Å². The SMILES string of the molecule is CCCCC(=O)NC(=S)Nc1ccccc1N1CCN(C(=O)CC)CC1. The average Bonchev–Trinajstić information content (AvgIpc) is 2.66. The third-order valence-corrected chi connectivity index (χ3v) is 4.64. The summed E-state index contributed by atoms with van der Waals surface area (Å²) in [6.07, 6.45) is 2.85. The first kappa shape index (κ1) is 20.2. The van der Waals surface area contributed by atoms with E-state index in [2.05, 4.69) is 15.5 Å². The summed E-state index contributed by atoms with van der Waals surface area (Å²) in [6.45, 7) is 6.94. The van der Waals surface area contributed by atoms with Crippen molar-refractivity contribution in [2.24, 2.45) is 0 Å². The number of para-hydroxylation sites is 2.